The first-order valence-corrected chi connectivity index (χ1v) is 5.63. The van der Waals surface area contributed by atoms with Crippen molar-refractivity contribution in [3.8, 4) is 0 Å². The second kappa shape index (κ2) is 4.72. The molecule has 0 saturated heterocycles. The van der Waals surface area contributed by atoms with Crippen molar-refractivity contribution in [2.45, 2.75) is 19.3 Å². The first kappa shape index (κ1) is 11.9. The highest BCUT2D eigenvalue weighted by Crippen LogP contribution is 2.48. The van der Waals surface area contributed by atoms with Crippen LogP contribution in [-0.4, -0.2) is 28.2 Å². The van der Waals surface area contributed by atoms with E-state index in [2.05, 4.69) is 20.7 Å². The summed E-state index contributed by atoms with van der Waals surface area (Å²) in [5.41, 5.74) is 8.21. The summed E-state index contributed by atoms with van der Waals surface area (Å²) in [5, 5.41) is 12.2. The highest BCUT2D eigenvalue weighted by Gasteiger charge is 2.41. The van der Waals surface area contributed by atoms with Crippen LogP contribution in [0.15, 0.2) is 6.07 Å². The maximum atomic E-state index is 8.97. The first-order valence-electron chi connectivity index (χ1n) is 5.63. The molecule has 2 rings (SSSR count). The molecule has 1 saturated carbocycles. The van der Waals surface area contributed by atoms with Crippen LogP contribution in [0.5, 0.6) is 0 Å². The van der Waals surface area contributed by atoms with Gasteiger partial charge < -0.3 is 21.6 Å². The van der Waals surface area contributed by atoms with Gasteiger partial charge in [0.25, 0.3) is 0 Å². The molecule has 1 fully saturated rings. The summed E-state index contributed by atoms with van der Waals surface area (Å²) in [6, 6.07) is 1.70. The third kappa shape index (κ3) is 2.95. The smallest absolute Gasteiger partial charge is 0.223 e. The molecule has 1 aromatic heterocycles. The van der Waals surface area contributed by atoms with Crippen molar-refractivity contribution in [3.63, 3.8) is 0 Å². The van der Waals surface area contributed by atoms with Crippen LogP contribution in [-0.2, 0) is 0 Å². The van der Waals surface area contributed by atoms with Crippen LogP contribution in [0.3, 0.4) is 0 Å². The average molecular weight is 238 g/mol. The molecule has 1 aromatic rings. The van der Waals surface area contributed by atoms with Crippen LogP contribution in [0.4, 0.5) is 17.6 Å². The van der Waals surface area contributed by atoms with E-state index in [1.54, 1.807) is 6.07 Å². The number of anilines is 3. The lowest BCUT2D eigenvalue weighted by Gasteiger charge is -2.15. The molecule has 1 aliphatic rings. The van der Waals surface area contributed by atoms with Crippen LogP contribution >= 0.6 is 0 Å². The fourth-order valence-corrected chi connectivity index (χ4v) is 1.84. The number of nitrogen functional groups attached to an aromatic ring is 2. The predicted octanol–water partition coefficient (Wildman–Crippen LogP) is -0.0811. The number of rotatable bonds is 6. The summed E-state index contributed by atoms with van der Waals surface area (Å²) < 4.78 is 0. The molecule has 94 valence electrons. The Kier molecular flexibility index (Phi) is 3.30. The normalized spacial score (nSPS) is 16.6. The lowest BCUT2D eigenvalue weighted by molar-refractivity contribution is 0.253. The highest BCUT2D eigenvalue weighted by molar-refractivity contribution is 5.50. The van der Waals surface area contributed by atoms with E-state index in [1.165, 1.54) is 0 Å². The molecular formula is C10H18N6O. The van der Waals surface area contributed by atoms with Gasteiger partial charge in [0.05, 0.1) is 0 Å². The number of hydrogen-bond acceptors (Lipinski definition) is 7. The quantitative estimate of drug-likeness (QED) is 0.347. The fourth-order valence-electron chi connectivity index (χ4n) is 1.84. The molecule has 17 heavy (non-hydrogen) atoms. The van der Waals surface area contributed by atoms with Gasteiger partial charge in [0.1, 0.15) is 11.6 Å². The summed E-state index contributed by atoms with van der Waals surface area (Å²) in [6.45, 7) is 1.01. The molecule has 0 amide bonds. The minimum Gasteiger partial charge on any atom is -0.396 e. The van der Waals surface area contributed by atoms with Gasteiger partial charge in [-0.05, 0) is 24.7 Å². The number of nitrogens with two attached hydrogens (primary N) is 2. The summed E-state index contributed by atoms with van der Waals surface area (Å²) in [7, 11) is 0. The van der Waals surface area contributed by atoms with Crippen LogP contribution in [0.2, 0.25) is 0 Å². The van der Waals surface area contributed by atoms with Gasteiger partial charge in [0.15, 0.2) is 0 Å². The maximum absolute atomic E-state index is 8.97. The molecule has 0 unspecified atom stereocenters. The summed E-state index contributed by atoms with van der Waals surface area (Å²) in [5.74, 6) is 6.58. The second-order valence-corrected chi connectivity index (χ2v) is 4.47. The number of nitrogens with one attached hydrogen (secondary N) is 2. The molecule has 0 aliphatic heterocycles. The summed E-state index contributed by atoms with van der Waals surface area (Å²) in [4.78, 5) is 7.97. The van der Waals surface area contributed by atoms with Gasteiger partial charge >= 0.3 is 0 Å². The van der Waals surface area contributed by atoms with E-state index in [0.717, 1.165) is 25.8 Å². The molecule has 0 spiro atoms. The number of nitrogens with zero attached hydrogens (tertiary/aromatic N) is 2. The van der Waals surface area contributed by atoms with Crippen molar-refractivity contribution in [1.29, 1.82) is 0 Å². The molecule has 0 radical (unpaired) electrons. The number of hydrogen-bond donors (Lipinski definition) is 5. The van der Waals surface area contributed by atoms with Gasteiger partial charge in [-0.25, -0.2) is 5.84 Å². The topological polar surface area (TPSA) is 122 Å². The number of aliphatic hydroxyl groups excluding tert-OH is 1. The minimum atomic E-state index is 0.176. The molecule has 1 aliphatic carbocycles. The van der Waals surface area contributed by atoms with E-state index < -0.39 is 0 Å². The van der Waals surface area contributed by atoms with E-state index >= 15 is 0 Å². The van der Waals surface area contributed by atoms with Crippen molar-refractivity contribution in [2.75, 3.05) is 29.6 Å². The molecule has 7 N–H and O–H groups in total. The van der Waals surface area contributed by atoms with Crippen LogP contribution in [0, 0.1) is 5.41 Å². The third-order valence-corrected chi connectivity index (χ3v) is 3.14. The maximum Gasteiger partial charge on any atom is 0.223 e. The van der Waals surface area contributed by atoms with Crippen molar-refractivity contribution < 1.29 is 5.11 Å². The van der Waals surface area contributed by atoms with Crippen LogP contribution in [0.1, 0.15) is 19.3 Å². The minimum absolute atomic E-state index is 0.176. The van der Waals surface area contributed by atoms with E-state index in [4.69, 9.17) is 16.7 Å². The molecule has 0 atom stereocenters. The number of aliphatic hydroxyl groups is 1. The zero-order valence-corrected chi connectivity index (χ0v) is 9.61. The van der Waals surface area contributed by atoms with Gasteiger partial charge in [0, 0.05) is 19.2 Å². The van der Waals surface area contributed by atoms with Crippen molar-refractivity contribution in [3.05, 3.63) is 6.07 Å². The largest absolute Gasteiger partial charge is 0.396 e. The molecule has 0 bridgehead atoms. The van der Waals surface area contributed by atoms with E-state index in [9.17, 15) is 0 Å². The predicted molar refractivity (Wildman–Crippen MR) is 66.1 cm³/mol. The lowest BCUT2D eigenvalue weighted by Crippen LogP contribution is -2.18. The van der Waals surface area contributed by atoms with Gasteiger partial charge in [-0.1, -0.05) is 0 Å². The Bertz CT molecular complexity index is 392. The van der Waals surface area contributed by atoms with Gasteiger partial charge in [-0.2, -0.15) is 9.97 Å². The lowest BCUT2D eigenvalue weighted by atomic mass is 10.0. The van der Waals surface area contributed by atoms with Crippen LogP contribution in [0.25, 0.3) is 0 Å². The average Bonchev–Trinajstić information content (AvgIpc) is 3.07. The molecular weight excluding hydrogens is 220 g/mol. The SMILES string of the molecule is NNc1cc(NCC2(CCO)CC2)nc(N)n1. The summed E-state index contributed by atoms with van der Waals surface area (Å²) in [6.07, 6.45) is 3.11. The highest BCUT2D eigenvalue weighted by atomic mass is 16.3. The van der Waals surface area contributed by atoms with E-state index in [-0.39, 0.29) is 18.0 Å². The standard InChI is InChI=1S/C10H18N6O/c11-9-14-7(5-8(15-9)16-12)13-6-10(1-2-10)3-4-17/h5,17H,1-4,6,12H2,(H4,11,13,14,15,16). The molecule has 1 heterocycles. The third-order valence-electron chi connectivity index (χ3n) is 3.14. The van der Waals surface area contributed by atoms with E-state index in [0.29, 0.717) is 11.6 Å². The Morgan fingerprint density at radius 2 is 2.06 bits per heavy atom. The number of aromatic nitrogens is 2. The van der Waals surface area contributed by atoms with E-state index in [1.807, 2.05) is 0 Å². The molecule has 0 aromatic carbocycles. The first-order chi connectivity index (χ1) is 8.17. The number of hydrazine groups is 1. The van der Waals surface area contributed by atoms with Crippen molar-refractivity contribution >= 4 is 17.6 Å². The Morgan fingerprint density at radius 3 is 2.65 bits per heavy atom. The monoisotopic (exact) mass is 238 g/mol. The Morgan fingerprint density at radius 1 is 1.35 bits per heavy atom. The zero-order valence-electron chi connectivity index (χ0n) is 9.61. The Labute approximate surface area is 99.6 Å². The zero-order chi connectivity index (χ0) is 12.3. The fraction of sp³-hybridized carbons (Fsp3) is 0.600. The Hall–Kier alpha value is -1.60. The van der Waals surface area contributed by atoms with Gasteiger partial charge in [-0.15, -0.1) is 0 Å². The summed E-state index contributed by atoms with van der Waals surface area (Å²) >= 11 is 0. The van der Waals surface area contributed by atoms with Crippen LogP contribution < -0.4 is 22.3 Å². The van der Waals surface area contributed by atoms with Crippen molar-refractivity contribution in [1.82, 2.24) is 9.97 Å². The molecule has 7 heteroatoms. The van der Waals surface area contributed by atoms with Gasteiger partial charge in [0.2, 0.25) is 5.95 Å². The molecule has 7 nitrogen and oxygen atoms in total. The van der Waals surface area contributed by atoms with Gasteiger partial charge in [-0.3, -0.25) is 0 Å². The second-order valence-electron chi connectivity index (χ2n) is 4.47. The van der Waals surface area contributed by atoms with Crippen molar-refractivity contribution in [2.24, 2.45) is 11.3 Å². The Balaban J connectivity index is 1.97.